The van der Waals surface area contributed by atoms with Crippen molar-refractivity contribution in [3.8, 4) is 11.3 Å². The van der Waals surface area contributed by atoms with Crippen LogP contribution >= 0.6 is 15.9 Å². The molecule has 2 aromatic rings. The molecule has 21 heavy (non-hydrogen) atoms. The van der Waals surface area contributed by atoms with Crippen molar-refractivity contribution >= 4 is 15.9 Å². The first-order valence-corrected chi connectivity index (χ1v) is 7.71. The third-order valence-corrected chi connectivity index (χ3v) is 3.42. The van der Waals surface area contributed by atoms with Gasteiger partial charge in [0.25, 0.3) is 0 Å². The number of furan rings is 1. The number of halogens is 1. The Hall–Kier alpha value is -1.14. The van der Waals surface area contributed by atoms with E-state index in [0.29, 0.717) is 26.4 Å². The van der Waals surface area contributed by atoms with Crippen LogP contribution in [0.3, 0.4) is 0 Å². The maximum Gasteiger partial charge on any atom is 0.134 e. The van der Waals surface area contributed by atoms with Crippen molar-refractivity contribution < 1.29 is 13.9 Å². The lowest BCUT2D eigenvalue weighted by molar-refractivity contribution is 0.0717. The predicted molar refractivity (Wildman–Crippen MR) is 86.2 cm³/mol. The zero-order valence-electron chi connectivity index (χ0n) is 12.1. The minimum absolute atomic E-state index is 0.631. The van der Waals surface area contributed by atoms with Gasteiger partial charge in [-0.2, -0.15) is 0 Å². The second-order valence-electron chi connectivity index (χ2n) is 4.56. The van der Waals surface area contributed by atoms with Gasteiger partial charge in [-0.3, -0.25) is 0 Å². The molecule has 0 aliphatic heterocycles. The van der Waals surface area contributed by atoms with Gasteiger partial charge in [-0.05, 0) is 24.3 Å². The molecule has 114 valence electrons. The van der Waals surface area contributed by atoms with Crippen LogP contribution in [0.1, 0.15) is 5.76 Å². The fraction of sp³-hybridized carbons (Fsp3) is 0.375. The molecular weight excluding hydrogens is 334 g/mol. The summed E-state index contributed by atoms with van der Waals surface area (Å²) in [5, 5.41) is 3.29. The van der Waals surface area contributed by atoms with Gasteiger partial charge >= 0.3 is 0 Å². The number of hydrogen-bond donors (Lipinski definition) is 1. The lowest BCUT2D eigenvalue weighted by atomic mass is 10.2. The van der Waals surface area contributed by atoms with E-state index in [1.807, 2.05) is 36.4 Å². The Morgan fingerprint density at radius 1 is 1.14 bits per heavy atom. The van der Waals surface area contributed by atoms with E-state index < -0.39 is 0 Å². The van der Waals surface area contributed by atoms with Crippen LogP contribution in [0.25, 0.3) is 11.3 Å². The first-order chi connectivity index (χ1) is 10.3. The lowest BCUT2D eigenvalue weighted by Crippen LogP contribution is -2.19. The second kappa shape index (κ2) is 9.00. The Labute approximate surface area is 133 Å². The molecule has 1 aromatic heterocycles. The van der Waals surface area contributed by atoms with Crippen LogP contribution < -0.4 is 5.32 Å². The van der Waals surface area contributed by atoms with Gasteiger partial charge in [-0.15, -0.1) is 0 Å². The van der Waals surface area contributed by atoms with Crippen molar-refractivity contribution in [1.29, 1.82) is 0 Å². The molecule has 2 rings (SSSR count). The predicted octanol–water partition coefficient (Wildman–Crippen LogP) is 3.46. The normalized spacial score (nSPS) is 11.0. The minimum atomic E-state index is 0.631. The van der Waals surface area contributed by atoms with E-state index in [1.54, 1.807) is 7.11 Å². The van der Waals surface area contributed by atoms with E-state index in [0.717, 1.165) is 28.1 Å². The van der Waals surface area contributed by atoms with Crippen molar-refractivity contribution in [3.05, 3.63) is 46.6 Å². The molecule has 0 fully saturated rings. The van der Waals surface area contributed by atoms with Crippen molar-refractivity contribution in [1.82, 2.24) is 5.32 Å². The summed E-state index contributed by atoms with van der Waals surface area (Å²) < 4.78 is 17.2. The van der Waals surface area contributed by atoms with E-state index in [1.165, 1.54) is 0 Å². The van der Waals surface area contributed by atoms with Crippen molar-refractivity contribution in [3.63, 3.8) is 0 Å². The summed E-state index contributed by atoms with van der Waals surface area (Å²) in [6, 6.07) is 12.1. The van der Waals surface area contributed by atoms with Gasteiger partial charge in [0.15, 0.2) is 0 Å². The summed E-state index contributed by atoms with van der Waals surface area (Å²) in [5.74, 6) is 1.80. The summed E-state index contributed by atoms with van der Waals surface area (Å²) in [4.78, 5) is 0. The molecule has 0 amide bonds. The smallest absolute Gasteiger partial charge is 0.134 e. The van der Waals surface area contributed by atoms with Gasteiger partial charge in [0, 0.05) is 23.7 Å². The molecule has 4 nitrogen and oxygen atoms in total. The molecule has 0 atom stereocenters. The molecule has 0 saturated heterocycles. The number of hydrogen-bond acceptors (Lipinski definition) is 4. The zero-order valence-corrected chi connectivity index (χ0v) is 13.7. The topological polar surface area (TPSA) is 43.6 Å². The second-order valence-corrected chi connectivity index (χ2v) is 5.47. The molecule has 0 unspecified atom stereocenters. The first-order valence-electron chi connectivity index (χ1n) is 6.91. The van der Waals surface area contributed by atoms with E-state index >= 15 is 0 Å². The molecule has 0 aliphatic carbocycles. The molecular formula is C16H20BrNO3. The molecule has 0 aliphatic rings. The molecule has 0 spiro atoms. The van der Waals surface area contributed by atoms with E-state index in [-0.39, 0.29) is 0 Å². The molecule has 1 heterocycles. The van der Waals surface area contributed by atoms with Gasteiger partial charge in [-0.25, -0.2) is 0 Å². The Bertz CT molecular complexity index is 542. The third kappa shape index (κ3) is 5.63. The Balaban J connectivity index is 1.73. The standard InChI is InChI=1S/C16H20BrNO3/c1-19-9-10-20-8-7-18-12-15-5-6-16(21-15)13-3-2-4-14(17)11-13/h2-6,11,18H,7-10,12H2,1H3. The quantitative estimate of drug-likeness (QED) is 0.701. The van der Waals surface area contributed by atoms with Crippen molar-refractivity contribution in [2.45, 2.75) is 6.54 Å². The molecule has 1 aromatic carbocycles. The fourth-order valence-electron chi connectivity index (χ4n) is 1.87. The Kier molecular flexibility index (Phi) is 6.95. The van der Waals surface area contributed by atoms with Crippen LogP contribution in [0.5, 0.6) is 0 Å². The van der Waals surface area contributed by atoms with E-state index in [4.69, 9.17) is 13.9 Å². The van der Waals surface area contributed by atoms with Crippen LogP contribution in [-0.2, 0) is 16.0 Å². The van der Waals surface area contributed by atoms with Crippen LogP contribution in [-0.4, -0.2) is 33.5 Å². The highest BCUT2D eigenvalue weighted by atomic mass is 79.9. The number of nitrogens with one attached hydrogen (secondary N) is 1. The van der Waals surface area contributed by atoms with Gasteiger partial charge in [0.05, 0.1) is 26.4 Å². The SMILES string of the molecule is COCCOCCNCc1ccc(-c2cccc(Br)c2)o1. The highest BCUT2D eigenvalue weighted by Gasteiger charge is 2.04. The molecule has 5 heteroatoms. The number of rotatable bonds is 9. The average molecular weight is 354 g/mol. The monoisotopic (exact) mass is 353 g/mol. The molecule has 1 N–H and O–H groups in total. The maximum absolute atomic E-state index is 5.83. The Morgan fingerprint density at radius 3 is 2.86 bits per heavy atom. The number of benzene rings is 1. The van der Waals surface area contributed by atoms with E-state index in [9.17, 15) is 0 Å². The number of ether oxygens (including phenoxy) is 2. The van der Waals surface area contributed by atoms with Gasteiger partial charge in [0.1, 0.15) is 11.5 Å². The summed E-state index contributed by atoms with van der Waals surface area (Å²) in [6.45, 7) is 3.42. The fourth-order valence-corrected chi connectivity index (χ4v) is 2.27. The van der Waals surface area contributed by atoms with E-state index in [2.05, 4.69) is 21.2 Å². The lowest BCUT2D eigenvalue weighted by Gasteiger charge is -2.04. The summed E-state index contributed by atoms with van der Waals surface area (Å²) in [7, 11) is 1.67. The molecule has 0 saturated carbocycles. The first kappa shape index (κ1) is 16.2. The van der Waals surface area contributed by atoms with Crippen LogP contribution in [0.4, 0.5) is 0 Å². The van der Waals surface area contributed by atoms with Gasteiger partial charge < -0.3 is 19.2 Å². The number of methoxy groups -OCH3 is 1. The van der Waals surface area contributed by atoms with Crippen LogP contribution in [0.15, 0.2) is 45.3 Å². The van der Waals surface area contributed by atoms with Gasteiger partial charge in [-0.1, -0.05) is 28.1 Å². The van der Waals surface area contributed by atoms with Crippen LogP contribution in [0, 0.1) is 0 Å². The maximum atomic E-state index is 5.83. The van der Waals surface area contributed by atoms with Crippen molar-refractivity contribution in [2.24, 2.45) is 0 Å². The highest BCUT2D eigenvalue weighted by molar-refractivity contribution is 9.10. The molecule has 0 radical (unpaired) electrons. The Morgan fingerprint density at radius 2 is 2.05 bits per heavy atom. The molecule has 0 bridgehead atoms. The third-order valence-electron chi connectivity index (χ3n) is 2.92. The minimum Gasteiger partial charge on any atom is -0.460 e. The summed E-state index contributed by atoms with van der Waals surface area (Å²) in [6.07, 6.45) is 0. The van der Waals surface area contributed by atoms with Gasteiger partial charge in [0.2, 0.25) is 0 Å². The largest absolute Gasteiger partial charge is 0.460 e. The van der Waals surface area contributed by atoms with Crippen molar-refractivity contribution in [2.75, 3.05) is 33.5 Å². The highest BCUT2D eigenvalue weighted by Crippen LogP contribution is 2.24. The zero-order chi connectivity index (χ0) is 14.9. The average Bonchev–Trinajstić information content (AvgIpc) is 2.95. The summed E-state index contributed by atoms with van der Waals surface area (Å²) in [5.41, 5.74) is 1.07. The van der Waals surface area contributed by atoms with Crippen LogP contribution in [0.2, 0.25) is 0 Å². The summed E-state index contributed by atoms with van der Waals surface area (Å²) >= 11 is 3.47.